The smallest absolute Gasteiger partial charge is 0.257 e. The highest BCUT2D eigenvalue weighted by atomic mass is 16.5. The van der Waals surface area contributed by atoms with Gasteiger partial charge in [0.05, 0.1) is 18.8 Å². The minimum Gasteiger partial charge on any atom is -0.494 e. The molecule has 2 N–H and O–H groups in total. The molecule has 1 heterocycles. The minimum absolute atomic E-state index is 0.0241. The van der Waals surface area contributed by atoms with Gasteiger partial charge in [-0.1, -0.05) is 32.9 Å². The molecule has 0 aliphatic heterocycles. The number of guanidine groups is 1. The number of hydrogen-bond donors (Lipinski definition) is 2. The van der Waals surface area contributed by atoms with Crippen molar-refractivity contribution in [3.05, 3.63) is 76.6 Å². The van der Waals surface area contributed by atoms with Crippen molar-refractivity contribution >= 4 is 17.6 Å². The zero-order valence-electron chi connectivity index (χ0n) is 21.2. The van der Waals surface area contributed by atoms with Crippen molar-refractivity contribution in [2.45, 2.75) is 53.5 Å². The van der Waals surface area contributed by atoms with Gasteiger partial charge in [-0.15, -0.1) is 0 Å². The molecule has 0 unspecified atom stereocenters. The monoisotopic (exact) mass is 461 g/mol. The van der Waals surface area contributed by atoms with E-state index in [-0.39, 0.29) is 11.3 Å². The predicted octanol–water partition coefficient (Wildman–Crippen LogP) is 5.13. The van der Waals surface area contributed by atoms with Crippen molar-refractivity contribution in [1.29, 1.82) is 0 Å². The van der Waals surface area contributed by atoms with Gasteiger partial charge in [-0.3, -0.25) is 14.8 Å². The summed E-state index contributed by atoms with van der Waals surface area (Å²) in [5.74, 6) is 0.935. The zero-order chi connectivity index (χ0) is 24.9. The largest absolute Gasteiger partial charge is 0.494 e. The van der Waals surface area contributed by atoms with E-state index in [1.807, 2.05) is 81.0 Å². The third-order valence-corrected chi connectivity index (χ3v) is 5.73. The number of anilines is 1. The number of aliphatic imine (C=N–C) groups is 1. The van der Waals surface area contributed by atoms with E-state index in [9.17, 15) is 4.79 Å². The van der Waals surface area contributed by atoms with E-state index in [1.165, 1.54) is 5.56 Å². The number of aryl methyl sites for hydroxylation is 2. The van der Waals surface area contributed by atoms with Crippen LogP contribution in [0, 0.1) is 13.8 Å². The van der Waals surface area contributed by atoms with Crippen LogP contribution in [0.1, 0.15) is 60.6 Å². The first-order valence-electron chi connectivity index (χ1n) is 11.5. The minimum atomic E-state index is -0.225. The molecule has 0 aliphatic rings. The molecule has 0 saturated heterocycles. The van der Waals surface area contributed by atoms with Crippen LogP contribution in [0.25, 0.3) is 0 Å². The van der Waals surface area contributed by atoms with E-state index in [0.717, 1.165) is 28.4 Å². The first-order valence-corrected chi connectivity index (χ1v) is 11.5. The van der Waals surface area contributed by atoms with Crippen LogP contribution in [-0.2, 0) is 19.0 Å². The Kier molecular flexibility index (Phi) is 7.76. The van der Waals surface area contributed by atoms with E-state index in [1.54, 1.807) is 0 Å². The van der Waals surface area contributed by atoms with E-state index < -0.39 is 0 Å². The van der Waals surface area contributed by atoms with E-state index in [0.29, 0.717) is 24.7 Å². The summed E-state index contributed by atoms with van der Waals surface area (Å²) in [7, 11) is 1.91. The number of nitrogens with zero attached hydrogens (tertiary/aromatic N) is 3. The van der Waals surface area contributed by atoms with Gasteiger partial charge in [0.1, 0.15) is 5.75 Å². The first-order chi connectivity index (χ1) is 16.1. The summed E-state index contributed by atoms with van der Waals surface area (Å²) in [6, 6.07) is 15.2. The fraction of sp³-hybridized carbons (Fsp3) is 0.370. The standard InChI is InChI=1S/C27H35N5O2/c1-8-34-23-15-13-22(14-16-23)29-26(28-17-24-18(2)31-32(7)19(24)3)30-25(33)20-9-11-21(12-10-20)27(4,5)6/h9-16H,8,17H2,1-7H3,(H2,28,29,30,33). The average Bonchev–Trinajstić information content (AvgIpc) is 3.03. The van der Waals surface area contributed by atoms with Gasteiger partial charge in [0.2, 0.25) is 5.96 Å². The first kappa shape index (κ1) is 25.0. The maximum Gasteiger partial charge on any atom is 0.257 e. The SMILES string of the molecule is CCOc1ccc(NC(=NCc2c(C)nn(C)c2C)NC(=O)c2ccc(C(C)(C)C)cc2)cc1. The third kappa shape index (κ3) is 6.25. The lowest BCUT2D eigenvalue weighted by atomic mass is 9.87. The van der Waals surface area contributed by atoms with Crippen LogP contribution < -0.4 is 15.4 Å². The van der Waals surface area contributed by atoms with E-state index >= 15 is 0 Å². The van der Waals surface area contributed by atoms with Crippen LogP contribution in [0.2, 0.25) is 0 Å². The lowest BCUT2D eigenvalue weighted by Gasteiger charge is -2.19. The summed E-state index contributed by atoms with van der Waals surface area (Å²) < 4.78 is 7.36. The van der Waals surface area contributed by atoms with Crippen molar-refractivity contribution in [3.63, 3.8) is 0 Å². The van der Waals surface area contributed by atoms with Crippen LogP contribution in [-0.4, -0.2) is 28.3 Å². The number of carbonyl (C=O) groups is 1. The van der Waals surface area contributed by atoms with E-state index in [4.69, 9.17) is 9.73 Å². The van der Waals surface area contributed by atoms with Crippen molar-refractivity contribution in [2.75, 3.05) is 11.9 Å². The highest BCUT2D eigenvalue weighted by molar-refractivity contribution is 6.10. The Hall–Kier alpha value is -3.61. The molecule has 0 fully saturated rings. The number of amides is 1. The molecule has 2 aromatic carbocycles. The molecule has 34 heavy (non-hydrogen) atoms. The number of hydrogen-bond acceptors (Lipinski definition) is 4. The molecule has 0 aliphatic carbocycles. The molecule has 3 aromatic rings. The van der Waals surface area contributed by atoms with Crippen LogP contribution in [0.15, 0.2) is 53.5 Å². The molecular formula is C27H35N5O2. The van der Waals surface area contributed by atoms with Crippen molar-refractivity contribution < 1.29 is 9.53 Å². The molecule has 7 nitrogen and oxygen atoms in total. The predicted molar refractivity (Wildman–Crippen MR) is 138 cm³/mol. The number of aromatic nitrogens is 2. The molecule has 3 rings (SSSR count). The van der Waals surface area contributed by atoms with Crippen molar-refractivity contribution in [2.24, 2.45) is 12.0 Å². The molecule has 1 aromatic heterocycles. The summed E-state index contributed by atoms with van der Waals surface area (Å²) in [4.78, 5) is 17.7. The Bertz CT molecular complexity index is 1150. The lowest BCUT2D eigenvalue weighted by Crippen LogP contribution is -2.36. The molecule has 0 atom stereocenters. The molecule has 0 bridgehead atoms. The number of benzene rings is 2. The van der Waals surface area contributed by atoms with Crippen LogP contribution in [0.5, 0.6) is 5.75 Å². The van der Waals surface area contributed by atoms with Gasteiger partial charge in [0.25, 0.3) is 5.91 Å². The number of rotatable bonds is 6. The van der Waals surface area contributed by atoms with Gasteiger partial charge in [-0.25, -0.2) is 4.99 Å². The summed E-state index contributed by atoms with van der Waals surface area (Å²) in [5, 5.41) is 10.6. The van der Waals surface area contributed by atoms with Gasteiger partial charge < -0.3 is 10.1 Å². The molecule has 7 heteroatoms. The zero-order valence-corrected chi connectivity index (χ0v) is 21.2. The van der Waals surface area contributed by atoms with Gasteiger partial charge in [-0.05, 0) is 68.1 Å². The summed E-state index contributed by atoms with van der Waals surface area (Å²) >= 11 is 0. The molecule has 1 amide bonds. The molecule has 0 saturated carbocycles. The second-order valence-electron chi connectivity index (χ2n) is 9.30. The number of ether oxygens (including phenoxy) is 1. The Balaban J connectivity index is 1.83. The Morgan fingerprint density at radius 1 is 1.06 bits per heavy atom. The second-order valence-corrected chi connectivity index (χ2v) is 9.30. The number of carbonyl (C=O) groups excluding carboxylic acids is 1. The maximum atomic E-state index is 13.0. The quantitative estimate of drug-likeness (QED) is 0.394. The van der Waals surface area contributed by atoms with Crippen molar-refractivity contribution in [1.82, 2.24) is 15.1 Å². The normalized spacial score (nSPS) is 11.9. The fourth-order valence-electron chi connectivity index (χ4n) is 3.55. The Morgan fingerprint density at radius 2 is 1.71 bits per heavy atom. The highest BCUT2D eigenvalue weighted by Crippen LogP contribution is 2.22. The maximum absolute atomic E-state index is 13.0. The highest BCUT2D eigenvalue weighted by Gasteiger charge is 2.16. The van der Waals surface area contributed by atoms with Gasteiger partial charge in [0.15, 0.2) is 0 Å². The summed E-state index contributed by atoms with van der Waals surface area (Å²) in [6.07, 6.45) is 0. The molecular weight excluding hydrogens is 426 g/mol. The molecule has 0 radical (unpaired) electrons. The summed E-state index contributed by atoms with van der Waals surface area (Å²) in [6.45, 7) is 13.4. The van der Waals surface area contributed by atoms with Gasteiger partial charge in [-0.2, -0.15) is 5.10 Å². The average molecular weight is 462 g/mol. The lowest BCUT2D eigenvalue weighted by molar-refractivity contribution is 0.0977. The fourth-order valence-corrected chi connectivity index (χ4v) is 3.55. The van der Waals surface area contributed by atoms with Gasteiger partial charge >= 0.3 is 0 Å². The topological polar surface area (TPSA) is 80.5 Å². The Morgan fingerprint density at radius 3 is 2.24 bits per heavy atom. The van der Waals surface area contributed by atoms with Gasteiger partial charge in [0, 0.05) is 29.6 Å². The van der Waals surface area contributed by atoms with Crippen LogP contribution in [0.3, 0.4) is 0 Å². The molecule has 0 spiro atoms. The molecule has 180 valence electrons. The van der Waals surface area contributed by atoms with E-state index in [2.05, 4.69) is 36.5 Å². The summed E-state index contributed by atoms with van der Waals surface area (Å²) in [5.41, 5.74) is 5.58. The number of nitrogens with one attached hydrogen (secondary N) is 2. The van der Waals surface area contributed by atoms with Crippen LogP contribution >= 0.6 is 0 Å². The second kappa shape index (κ2) is 10.5. The van der Waals surface area contributed by atoms with Crippen LogP contribution in [0.4, 0.5) is 5.69 Å². The van der Waals surface area contributed by atoms with Crippen molar-refractivity contribution in [3.8, 4) is 5.75 Å². The third-order valence-electron chi connectivity index (χ3n) is 5.73. The Labute approximate surface area is 202 Å².